The molecule has 0 radical (unpaired) electrons. The van der Waals surface area contributed by atoms with Gasteiger partial charge >= 0.3 is 0 Å². The molecular weight excluding hydrogens is 540 g/mol. The van der Waals surface area contributed by atoms with E-state index < -0.39 is 23.6 Å². The number of benzene rings is 1. The number of hydrogen-bond acceptors (Lipinski definition) is 6. The summed E-state index contributed by atoms with van der Waals surface area (Å²) >= 11 is 6.88. The predicted octanol–water partition coefficient (Wildman–Crippen LogP) is 3.78. The maximum Gasteiger partial charge on any atom is 0.261 e. The highest BCUT2D eigenvalue weighted by Crippen LogP contribution is 2.47. The third-order valence-electron chi connectivity index (χ3n) is 8.56. The van der Waals surface area contributed by atoms with Gasteiger partial charge in [-0.15, -0.1) is 0 Å². The molecule has 5 heterocycles. The number of amides is 2. The highest BCUT2D eigenvalue weighted by molar-refractivity contribution is 6.35. The molecule has 0 unspecified atom stereocenters. The van der Waals surface area contributed by atoms with Gasteiger partial charge in [-0.2, -0.15) is 0 Å². The number of hydrogen-bond donors (Lipinski definition) is 0. The highest BCUT2D eigenvalue weighted by atomic mass is 35.5. The minimum atomic E-state index is -0.826. The molecule has 1 aromatic carbocycles. The van der Waals surface area contributed by atoms with Crippen LogP contribution in [0.25, 0.3) is 11.3 Å². The molecule has 0 saturated carbocycles. The van der Waals surface area contributed by atoms with Crippen molar-refractivity contribution >= 4 is 29.2 Å². The van der Waals surface area contributed by atoms with Gasteiger partial charge in [0, 0.05) is 56.4 Å². The van der Waals surface area contributed by atoms with E-state index in [0.717, 1.165) is 6.42 Å². The maximum atomic E-state index is 15.0. The summed E-state index contributed by atoms with van der Waals surface area (Å²) in [6.07, 6.45) is 1.18. The van der Waals surface area contributed by atoms with Crippen LogP contribution in [0.5, 0.6) is 5.75 Å². The Morgan fingerprint density at radius 1 is 1.18 bits per heavy atom. The summed E-state index contributed by atoms with van der Waals surface area (Å²) in [5.74, 6) is -0.454. The van der Waals surface area contributed by atoms with Crippen molar-refractivity contribution in [3.8, 4) is 17.0 Å². The normalized spacial score (nSPS) is 24.6. The minimum absolute atomic E-state index is 0.0626. The molecule has 4 aliphatic rings. The van der Waals surface area contributed by atoms with E-state index in [9.17, 15) is 14.0 Å². The molecule has 2 aromatic rings. The molecule has 40 heavy (non-hydrogen) atoms. The van der Waals surface area contributed by atoms with Crippen LogP contribution in [0.3, 0.4) is 0 Å². The molecule has 8 nitrogen and oxygen atoms in total. The molecule has 3 saturated heterocycles. The fourth-order valence-electron chi connectivity index (χ4n) is 6.38. The number of anilines is 1. The molecule has 0 bridgehead atoms. The number of halogens is 3. The van der Waals surface area contributed by atoms with Crippen molar-refractivity contribution in [2.75, 3.05) is 50.8 Å². The van der Waals surface area contributed by atoms with Gasteiger partial charge in [0.25, 0.3) is 5.91 Å². The molecule has 0 aliphatic carbocycles. The fourth-order valence-corrected chi connectivity index (χ4v) is 6.68. The molecule has 4 aliphatic heterocycles. The average molecular weight is 572 g/mol. The summed E-state index contributed by atoms with van der Waals surface area (Å²) in [4.78, 5) is 39.0. The summed E-state index contributed by atoms with van der Waals surface area (Å²) in [6.45, 7) is 10.1. The summed E-state index contributed by atoms with van der Waals surface area (Å²) in [5.41, 5.74) is 0.191. The van der Waals surface area contributed by atoms with E-state index in [0.29, 0.717) is 45.1 Å². The SMILES string of the molecule is C=CC(=O)N1CCN2C(=O)c3c(N4C[C@H](N5CC(F)C5)CC4(C)C)nc(-c4ccccc4F)c(Cl)c3OC[C@H]2C1. The van der Waals surface area contributed by atoms with Crippen molar-refractivity contribution in [3.05, 3.63) is 53.3 Å². The number of fused-ring (bicyclic) bond motifs is 2. The van der Waals surface area contributed by atoms with Gasteiger partial charge in [0.1, 0.15) is 35.0 Å². The molecule has 11 heteroatoms. The average Bonchev–Trinajstić information content (AvgIpc) is 3.15. The van der Waals surface area contributed by atoms with Gasteiger partial charge in [0.05, 0.1) is 11.7 Å². The standard InChI is InChI=1S/C29H32ClF2N5O3/c1-4-22(38)34-9-10-36-19(14-34)16-40-26-23(28(36)39)27(33-25(24(26)30)20-7-5-6-8-21(20)32)37-15-18(11-29(37,2)3)35-12-17(31)13-35/h4-8,17-19H,1,9-16H2,2-3H3/t18-,19-/m1/s1. The first-order valence-electron chi connectivity index (χ1n) is 13.6. The zero-order valence-electron chi connectivity index (χ0n) is 22.6. The van der Waals surface area contributed by atoms with Gasteiger partial charge in [0.15, 0.2) is 5.75 Å². The number of pyridine rings is 1. The van der Waals surface area contributed by atoms with Crippen LogP contribution in [0, 0.1) is 5.82 Å². The lowest BCUT2D eigenvalue weighted by Crippen LogP contribution is -2.57. The Hall–Kier alpha value is -3.24. The zero-order valence-corrected chi connectivity index (χ0v) is 23.3. The van der Waals surface area contributed by atoms with Gasteiger partial charge in [-0.05, 0) is 38.5 Å². The van der Waals surface area contributed by atoms with Crippen molar-refractivity contribution in [1.82, 2.24) is 19.7 Å². The van der Waals surface area contributed by atoms with Gasteiger partial charge in [-0.3, -0.25) is 14.5 Å². The predicted molar refractivity (Wildman–Crippen MR) is 148 cm³/mol. The first-order valence-corrected chi connectivity index (χ1v) is 14.0. The fraction of sp³-hybridized carbons (Fsp3) is 0.483. The van der Waals surface area contributed by atoms with Crippen LogP contribution in [0.4, 0.5) is 14.6 Å². The number of nitrogens with zero attached hydrogens (tertiary/aromatic N) is 5. The first-order chi connectivity index (χ1) is 19.1. The Kier molecular flexibility index (Phi) is 6.73. The Labute approximate surface area is 237 Å². The molecule has 6 rings (SSSR count). The topological polar surface area (TPSA) is 69.2 Å². The van der Waals surface area contributed by atoms with Gasteiger partial charge in [-0.25, -0.2) is 13.8 Å². The molecule has 2 atom stereocenters. The summed E-state index contributed by atoms with van der Waals surface area (Å²) in [7, 11) is 0. The number of alkyl halides is 1. The second-order valence-corrected chi connectivity index (χ2v) is 11.9. The van der Waals surface area contributed by atoms with Crippen molar-refractivity contribution in [3.63, 3.8) is 0 Å². The Morgan fingerprint density at radius 2 is 1.93 bits per heavy atom. The van der Waals surface area contributed by atoms with E-state index in [1.165, 1.54) is 12.1 Å². The number of piperazine rings is 1. The number of aromatic nitrogens is 1. The van der Waals surface area contributed by atoms with E-state index >= 15 is 4.39 Å². The van der Waals surface area contributed by atoms with Crippen LogP contribution < -0.4 is 9.64 Å². The minimum Gasteiger partial charge on any atom is -0.489 e. The summed E-state index contributed by atoms with van der Waals surface area (Å²) in [6, 6.07) is 5.90. The smallest absolute Gasteiger partial charge is 0.261 e. The molecule has 212 valence electrons. The van der Waals surface area contributed by atoms with Gasteiger partial charge in [-0.1, -0.05) is 30.3 Å². The number of carbonyl (C=O) groups excluding carboxylic acids is 2. The molecule has 0 N–H and O–H groups in total. The van der Waals surface area contributed by atoms with Gasteiger partial charge < -0.3 is 19.4 Å². The van der Waals surface area contributed by atoms with Crippen molar-refractivity contribution in [1.29, 1.82) is 0 Å². The second-order valence-electron chi connectivity index (χ2n) is 11.6. The van der Waals surface area contributed by atoms with E-state index in [4.69, 9.17) is 21.3 Å². The van der Waals surface area contributed by atoms with Crippen molar-refractivity contribution < 1.29 is 23.1 Å². The summed E-state index contributed by atoms with van der Waals surface area (Å²) < 4.78 is 35.0. The van der Waals surface area contributed by atoms with E-state index in [-0.39, 0.29) is 52.1 Å². The molecule has 0 spiro atoms. The molecule has 3 fully saturated rings. The van der Waals surface area contributed by atoms with E-state index in [2.05, 4.69) is 30.2 Å². The monoisotopic (exact) mass is 571 g/mol. The van der Waals surface area contributed by atoms with Crippen LogP contribution in [0.15, 0.2) is 36.9 Å². The van der Waals surface area contributed by atoms with E-state index in [1.807, 2.05) is 0 Å². The zero-order chi connectivity index (χ0) is 28.3. The van der Waals surface area contributed by atoms with Crippen LogP contribution in [0.2, 0.25) is 5.02 Å². The number of carbonyl (C=O) groups is 2. The lowest BCUT2D eigenvalue weighted by atomic mass is 9.97. The maximum absolute atomic E-state index is 15.0. The lowest BCUT2D eigenvalue weighted by molar-refractivity contribution is -0.128. The number of ether oxygens (including phenoxy) is 1. The highest BCUT2D eigenvalue weighted by Gasteiger charge is 2.48. The number of likely N-dealkylation sites (tertiary alicyclic amines) is 1. The quantitative estimate of drug-likeness (QED) is 0.520. The van der Waals surface area contributed by atoms with Gasteiger partial charge in [0.2, 0.25) is 5.91 Å². The molecule has 1 aromatic heterocycles. The third kappa shape index (κ3) is 4.41. The van der Waals surface area contributed by atoms with Crippen LogP contribution in [0.1, 0.15) is 30.6 Å². The van der Waals surface area contributed by atoms with Crippen LogP contribution in [-0.2, 0) is 4.79 Å². The van der Waals surface area contributed by atoms with E-state index in [1.54, 1.807) is 28.0 Å². The lowest BCUT2D eigenvalue weighted by Gasteiger charge is -2.40. The molecular formula is C29H32ClF2N5O3. The number of rotatable bonds is 4. The first kappa shape index (κ1) is 27.0. The van der Waals surface area contributed by atoms with Crippen LogP contribution in [-0.4, -0.2) is 101 Å². The largest absolute Gasteiger partial charge is 0.489 e. The Morgan fingerprint density at radius 3 is 2.62 bits per heavy atom. The Balaban J connectivity index is 1.47. The third-order valence-corrected chi connectivity index (χ3v) is 8.92. The summed E-state index contributed by atoms with van der Waals surface area (Å²) in [5, 5.41) is 0.0626. The Bertz CT molecular complexity index is 1380. The molecule has 2 amide bonds. The van der Waals surface area contributed by atoms with Crippen molar-refractivity contribution in [2.24, 2.45) is 0 Å². The van der Waals surface area contributed by atoms with Crippen LogP contribution >= 0.6 is 11.6 Å². The van der Waals surface area contributed by atoms with Crippen molar-refractivity contribution in [2.45, 2.75) is 44.1 Å². The second kappa shape index (κ2) is 9.99.